The number of carboxylic acids is 1. The Morgan fingerprint density at radius 2 is 1.57 bits per heavy atom. The molecule has 0 radical (unpaired) electrons. The normalized spacial score (nSPS) is 11.9. The van der Waals surface area contributed by atoms with Crippen LogP contribution in [0, 0.1) is 0 Å². The standard InChI is InChI=1S/C27H25BrN2O5/c28-23-15-17(26(33)29-14-6-5-11-25(31)32)12-13-24(23)30-27(34)35-16-22-20-9-3-1-7-18(20)19-8-2-4-10-21(19)22/h1-4,7-10,12-13,15,22H,5-6,11,14,16H2,(H,29,33)(H,30,34)(H,31,32). The lowest BCUT2D eigenvalue weighted by Gasteiger charge is -2.15. The minimum atomic E-state index is -0.847. The van der Waals surface area contributed by atoms with Gasteiger partial charge in [-0.2, -0.15) is 0 Å². The predicted octanol–water partition coefficient (Wildman–Crippen LogP) is 5.79. The fourth-order valence-corrected chi connectivity index (χ4v) is 4.69. The zero-order valence-corrected chi connectivity index (χ0v) is 20.5. The van der Waals surface area contributed by atoms with Crippen molar-refractivity contribution >= 4 is 39.6 Å². The van der Waals surface area contributed by atoms with Crippen molar-refractivity contribution < 1.29 is 24.2 Å². The largest absolute Gasteiger partial charge is 0.481 e. The Kier molecular flexibility index (Phi) is 7.82. The second-order valence-electron chi connectivity index (χ2n) is 8.25. The first-order chi connectivity index (χ1) is 16.9. The summed E-state index contributed by atoms with van der Waals surface area (Å²) in [6.07, 6.45) is 0.587. The summed E-state index contributed by atoms with van der Waals surface area (Å²) >= 11 is 3.40. The highest BCUT2D eigenvalue weighted by Crippen LogP contribution is 2.44. The fourth-order valence-electron chi connectivity index (χ4n) is 4.21. The average molecular weight is 537 g/mol. The lowest BCUT2D eigenvalue weighted by Crippen LogP contribution is -2.24. The number of unbranched alkanes of at least 4 members (excludes halogenated alkanes) is 1. The zero-order valence-electron chi connectivity index (χ0n) is 18.9. The molecule has 7 nitrogen and oxygen atoms in total. The van der Waals surface area contributed by atoms with Gasteiger partial charge in [-0.15, -0.1) is 0 Å². The molecule has 0 atom stereocenters. The molecule has 3 N–H and O–H groups in total. The maximum Gasteiger partial charge on any atom is 0.411 e. The monoisotopic (exact) mass is 536 g/mol. The van der Waals surface area contributed by atoms with Gasteiger partial charge in [0.2, 0.25) is 0 Å². The quantitative estimate of drug-likeness (QED) is 0.300. The summed E-state index contributed by atoms with van der Waals surface area (Å²) in [7, 11) is 0. The number of anilines is 1. The molecule has 3 aromatic carbocycles. The molecule has 35 heavy (non-hydrogen) atoms. The number of carboxylic acid groups (broad SMARTS) is 1. The molecule has 2 amide bonds. The summed E-state index contributed by atoms with van der Waals surface area (Å²) < 4.78 is 6.12. The Labute approximate surface area is 211 Å². The van der Waals surface area contributed by atoms with Gasteiger partial charge in [-0.25, -0.2) is 4.79 Å². The summed E-state index contributed by atoms with van der Waals surface area (Å²) in [6, 6.07) is 21.1. The molecule has 8 heteroatoms. The van der Waals surface area contributed by atoms with Crippen molar-refractivity contribution in [1.82, 2.24) is 5.32 Å². The van der Waals surface area contributed by atoms with Crippen LogP contribution in [-0.4, -0.2) is 36.2 Å². The molecule has 0 aromatic heterocycles. The van der Waals surface area contributed by atoms with Gasteiger partial charge in [0.05, 0.1) is 5.69 Å². The number of hydrogen-bond acceptors (Lipinski definition) is 4. The highest BCUT2D eigenvalue weighted by molar-refractivity contribution is 9.10. The van der Waals surface area contributed by atoms with Crippen molar-refractivity contribution in [2.75, 3.05) is 18.5 Å². The van der Waals surface area contributed by atoms with Gasteiger partial charge in [-0.05, 0) is 69.2 Å². The third-order valence-corrected chi connectivity index (χ3v) is 6.57. The van der Waals surface area contributed by atoms with Crippen molar-refractivity contribution in [1.29, 1.82) is 0 Å². The van der Waals surface area contributed by atoms with Crippen molar-refractivity contribution in [3.8, 4) is 11.1 Å². The molecular formula is C27H25BrN2O5. The van der Waals surface area contributed by atoms with Crippen LogP contribution in [0.15, 0.2) is 71.2 Å². The van der Waals surface area contributed by atoms with Crippen LogP contribution >= 0.6 is 15.9 Å². The number of carbonyl (C=O) groups excluding carboxylic acids is 2. The lowest BCUT2D eigenvalue weighted by atomic mass is 9.98. The number of fused-ring (bicyclic) bond motifs is 3. The highest BCUT2D eigenvalue weighted by Gasteiger charge is 2.29. The number of rotatable bonds is 9. The Morgan fingerprint density at radius 1 is 0.914 bits per heavy atom. The molecule has 0 bridgehead atoms. The van der Waals surface area contributed by atoms with Gasteiger partial charge < -0.3 is 15.2 Å². The van der Waals surface area contributed by atoms with E-state index in [9.17, 15) is 14.4 Å². The van der Waals surface area contributed by atoms with Crippen LogP contribution in [0.2, 0.25) is 0 Å². The minimum absolute atomic E-state index is 0.0295. The molecule has 0 saturated carbocycles. The fraction of sp³-hybridized carbons (Fsp3) is 0.222. The summed E-state index contributed by atoms with van der Waals surface area (Å²) in [4.78, 5) is 35.4. The molecule has 4 rings (SSSR count). The van der Waals surface area contributed by atoms with E-state index in [1.165, 1.54) is 0 Å². The van der Waals surface area contributed by atoms with E-state index in [1.807, 2.05) is 24.3 Å². The van der Waals surface area contributed by atoms with Gasteiger partial charge in [-0.1, -0.05) is 48.5 Å². The summed E-state index contributed by atoms with van der Waals surface area (Å²) in [5, 5.41) is 14.1. The van der Waals surface area contributed by atoms with E-state index in [2.05, 4.69) is 50.8 Å². The number of carbonyl (C=O) groups is 3. The molecule has 0 saturated heterocycles. The van der Waals surface area contributed by atoms with Crippen molar-refractivity contribution in [2.24, 2.45) is 0 Å². The summed E-state index contributed by atoms with van der Waals surface area (Å²) in [5.41, 5.74) is 5.52. The van der Waals surface area contributed by atoms with Crippen LogP contribution in [0.5, 0.6) is 0 Å². The number of halogens is 1. The molecule has 0 heterocycles. The van der Waals surface area contributed by atoms with E-state index in [-0.39, 0.29) is 24.9 Å². The summed E-state index contributed by atoms with van der Waals surface area (Å²) in [5.74, 6) is -1.15. The SMILES string of the molecule is O=C(O)CCCCNC(=O)c1ccc(NC(=O)OCC2c3ccccc3-c3ccccc32)c(Br)c1. The van der Waals surface area contributed by atoms with E-state index >= 15 is 0 Å². The molecule has 0 aliphatic heterocycles. The first-order valence-electron chi connectivity index (χ1n) is 11.4. The second-order valence-corrected chi connectivity index (χ2v) is 9.11. The van der Waals surface area contributed by atoms with Gasteiger partial charge in [0.25, 0.3) is 5.91 Å². The molecule has 0 spiro atoms. The van der Waals surface area contributed by atoms with Crippen molar-refractivity contribution in [2.45, 2.75) is 25.2 Å². The Hall–Kier alpha value is -3.65. The summed E-state index contributed by atoms with van der Waals surface area (Å²) in [6.45, 7) is 0.601. The molecule has 180 valence electrons. The Morgan fingerprint density at radius 3 is 2.20 bits per heavy atom. The highest BCUT2D eigenvalue weighted by atomic mass is 79.9. The number of nitrogens with one attached hydrogen (secondary N) is 2. The Balaban J connectivity index is 1.32. The molecule has 0 fully saturated rings. The minimum Gasteiger partial charge on any atom is -0.481 e. The van der Waals surface area contributed by atoms with Crippen molar-refractivity contribution in [3.63, 3.8) is 0 Å². The van der Waals surface area contributed by atoms with Crippen LogP contribution in [-0.2, 0) is 9.53 Å². The van der Waals surface area contributed by atoms with Gasteiger partial charge >= 0.3 is 12.1 Å². The number of hydrogen-bond donors (Lipinski definition) is 3. The first kappa shape index (κ1) is 24.5. The number of benzene rings is 3. The lowest BCUT2D eigenvalue weighted by molar-refractivity contribution is -0.137. The Bertz CT molecular complexity index is 1210. The van der Waals surface area contributed by atoms with Crippen molar-refractivity contribution in [3.05, 3.63) is 87.9 Å². The molecule has 1 aliphatic rings. The van der Waals surface area contributed by atoms with Crippen LogP contribution in [0.1, 0.15) is 46.7 Å². The van der Waals surface area contributed by atoms with Crippen LogP contribution in [0.25, 0.3) is 11.1 Å². The van der Waals surface area contributed by atoms with E-state index in [1.54, 1.807) is 18.2 Å². The maximum absolute atomic E-state index is 12.5. The van der Waals surface area contributed by atoms with E-state index in [0.717, 1.165) is 22.3 Å². The van der Waals surface area contributed by atoms with E-state index in [0.29, 0.717) is 35.1 Å². The topological polar surface area (TPSA) is 105 Å². The van der Waals surface area contributed by atoms with Crippen LogP contribution in [0.4, 0.5) is 10.5 Å². The third kappa shape index (κ3) is 5.89. The zero-order chi connectivity index (χ0) is 24.8. The van der Waals surface area contributed by atoms with Gasteiger partial charge in [0.15, 0.2) is 0 Å². The molecule has 0 unspecified atom stereocenters. The smallest absolute Gasteiger partial charge is 0.411 e. The molecular weight excluding hydrogens is 512 g/mol. The third-order valence-electron chi connectivity index (χ3n) is 5.91. The first-order valence-corrected chi connectivity index (χ1v) is 12.1. The van der Waals surface area contributed by atoms with Gasteiger partial charge in [0.1, 0.15) is 6.61 Å². The number of ether oxygens (including phenoxy) is 1. The van der Waals surface area contributed by atoms with Gasteiger partial charge in [-0.3, -0.25) is 14.9 Å². The van der Waals surface area contributed by atoms with Crippen LogP contribution < -0.4 is 10.6 Å². The van der Waals surface area contributed by atoms with E-state index < -0.39 is 12.1 Å². The number of aliphatic carboxylic acids is 1. The molecule has 3 aromatic rings. The van der Waals surface area contributed by atoms with E-state index in [4.69, 9.17) is 9.84 Å². The number of amides is 2. The second kappa shape index (κ2) is 11.2. The maximum atomic E-state index is 12.5. The predicted molar refractivity (Wildman–Crippen MR) is 137 cm³/mol. The van der Waals surface area contributed by atoms with Crippen LogP contribution in [0.3, 0.4) is 0 Å². The van der Waals surface area contributed by atoms with Gasteiger partial charge in [0, 0.05) is 28.9 Å². The average Bonchev–Trinajstić information content (AvgIpc) is 3.17. The molecule has 1 aliphatic carbocycles.